The molecule has 0 spiro atoms. The fraction of sp³-hybridized carbons (Fsp3) is 0.301. The summed E-state index contributed by atoms with van der Waals surface area (Å²) in [5.41, 5.74) is 12.6. The summed E-state index contributed by atoms with van der Waals surface area (Å²) in [6.45, 7) is 19.6. The zero-order valence-electron chi connectivity index (χ0n) is 75.3. The Balaban J connectivity index is 0.000000241. The Kier molecular flexibility index (Phi) is 28.7. The maximum Gasteiger partial charge on any atom is 0.598 e. The molecule has 133 heavy (non-hydrogen) atoms. The zero-order valence-corrected chi connectivity index (χ0v) is 75.3. The first-order chi connectivity index (χ1) is 61.7. The summed E-state index contributed by atoms with van der Waals surface area (Å²) in [5, 5.41) is 0. The van der Waals surface area contributed by atoms with Gasteiger partial charge in [0, 0.05) is 56.1 Å². The van der Waals surface area contributed by atoms with Gasteiger partial charge >= 0.3 is 62.9 Å². The van der Waals surface area contributed by atoms with Crippen molar-refractivity contribution in [3.63, 3.8) is 0 Å². The van der Waals surface area contributed by atoms with E-state index in [9.17, 15) is 87.8 Å². The summed E-state index contributed by atoms with van der Waals surface area (Å²) < 4.78 is 306. The molecular formula is C103H96B2F20N4O4. The number of aryl methyl sites for hydroxylation is 3. The van der Waals surface area contributed by atoms with E-state index in [4.69, 9.17) is 28.6 Å². The standard InChI is InChI=1S/C55H59BF10N2O2.C48H37BF10N2O2/c1-48(2,3)38-21-13-34(14-22-38)42-29-44(36-17-25-40(26-18-36)50(7,8)9)67-45(42)31-47-43(35-15-23-39(24-16-35)49(4,5)6)30-46(37-19-27-41(28-20-37)51(10,11)12)68(47)56(69-32-52(57,58)54(61,62)63)70-33-53(59,60)55(64,65)66;1-30-24-31(2)41(32(3)25-30)42(43-37(33-16-8-4-9-17-33)26-39(60-43)35-20-12-6-13-21-35)44-38(34-18-10-5-11-19-34)27-40(36-22-14-7-15-23-36)61(44)49(62-28-45(50,51)47(54,55)56)63-29-46(52,53)48(57,58)59/h13-31H,32-33H2,1-12H3;4-27H,28-29H2,1-3H3/b45-31-;43-42-. The predicted octanol–water partition coefficient (Wildman–Crippen LogP) is 29.6. The lowest BCUT2D eigenvalue weighted by Crippen LogP contribution is -2.48. The van der Waals surface area contributed by atoms with Gasteiger partial charge < -0.3 is 27.6 Å². The normalized spacial score (nSPS) is 14.8. The van der Waals surface area contributed by atoms with Crippen LogP contribution < -0.4 is 0 Å². The van der Waals surface area contributed by atoms with Gasteiger partial charge in [-0.25, -0.2) is 9.98 Å². The minimum Gasteiger partial charge on any atom is -0.385 e. The highest BCUT2D eigenvalue weighted by atomic mass is 19.4. The van der Waals surface area contributed by atoms with Gasteiger partial charge in [-0.15, -0.1) is 0 Å². The Hall–Kier alpha value is -11.6. The SMILES string of the molecule is CC(C)(C)c1ccc(C2=CC(c3ccc(C(C)(C)C)cc3)=N/C2=C\c2c(-c3ccc(C(C)(C)C)cc3)cc(-c3ccc(C(C)(C)C)cc3)n2B(OCC(F)(F)C(F)(F)F)OCC(F)(F)C(F)(F)F)cc1.Cc1cc(C)c(/C(=C2/N=C(c3ccccc3)C=C2c2ccccc2)c2c(-c3ccccc3)cc(-c3ccccc3)n2B(OCC(F)(F)C(F)(F)F)OCC(F)(F)C(F)(F)F)c(C)c1. The van der Waals surface area contributed by atoms with Crippen molar-refractivity contribution in [3.05, 3.63) is 344 Å². The molecule has 2 aliphatic rings. The van der Waals surface area contributed by atoms with Gasteiger partial charge in [-0.2, -0.15) is 87.8 Å². The summed E-state index contributed by atoms with van der Waals surface area (Å²) in [6.07, 6.45) is -19.6. The van der Waals surface area contributed by atoms with Crippen molar-refractivity contribution in [2.45, 2.75) is 174 Å². The summed E-state index contributed by atoms with van der Waals surface area (Å²) in [5.74, 6) is -22.4. The van der Waals surface area contributed by atoms with E-state index in [0.29, 0.717) is 72.6 Å². The van der Waals surface area contributed by atoms with E-state index >= 15 is 0 Å². The molecule has 0 radical (unpaired) electrons. The topological polar surface area (TPSA) is 71.5 Å². The average molecular weight is 1860 g/mol. The number of allylic oxidation sites excluding steroid dienone is 4. The van der Waals surface area contributed by atoms with Gasteiger partial charge in [0.25, 0.3) is 0 Å². The molecule has 0 amide bonds. The molecule has 0 saturated heterocycles. The number of hydrogen-bond acceptors (Lipinski definition) is 6. The van der Waals surface area contributed by atoms with Crippen LogP contribution in [0.3, 0.4) is 0 Å². The molecule has 0 bridgehead atoms. The van der Waals surface area contributed by atoms with Crippen molar-refractivity contribution in [2.75, 3.05) is 26.4 Å². The van der Waals surface area contributed by atoms with E-state index < -0.39 is 89.3 Å². The van der Waals surface area contributed by atoms with E-state index in [1.54, 1.807) is 135 Å². The van der Waals surface area contributed by atoms with Crippen molar-refractivity contribution < 1.29 is 106 Å². The lowest BCUT2D eigenvalue weighted by molar-refractivity contribution is -0.296. The summed E-state index contributed by atoms with van der Waals surface area (Å²) >= 11 is 0. The molecule has 2 aliphatic heterocycles. The summed E-state index contributed by atoms with van der Waals surface area (Å²) in [6, 6.07) is 70.6. The fourth-order valence-corrected chi connectivity index (χ4v) is 15.2. The van der Waals surface area contributed by atoms with E-state index in [-0.39, 0.29) is 83.7 Å². The highest BCUT2D eigenvalue weighted by Crippen LogP contribution is 2.50. The van der Waals surface area contributed by atoms with Crippen molar-refractivity contribution >= 4 is 48.7 Å². The third-order valence-electron chi connectivity index (χ3n) is 22.6. The predicted molar refractivity (Wildman–Crippen MR) is 485 cm³/mol. The molecule has 30 heteroatoms. The largest absolute Gasteiger partial charge is 0.598 e. The molecule has 0 aliphatic carbocycles. The van der Waals surface area contributed by atoms with E-state index in [1.807, 2.05) is 176 Å². The van der Waals surface area contributed by atoms with Crippen LogP contribution in [-0.4, -0.2) is 110 Å². The fourth-order valence-electron chi connectivity index (χ4n) is 15.2. The summed E-state index contributed by atoms with van der Waals surface area (Å²) in [7, 11) is -5.50. The second-order valence-electron chi connectivity index (χ2n) is 36.9. The molecule has 2 aromatic heterocycles. The molecule has 9 aromatic carbocycles. The number of aliphatic imine (C=N–C) groups is 2. The van der Waals surface area contributed by atoms with Gasteiger partial charge in [-0.1, -0.05) is 319 Å². The Bertz CT molecular complexity index is 6080. The molecular weight excluding hydrogens is 1760 g/mol. The molecule has 0 N–H and O–H groups in total. The van der Waals surface area contributed by atoms with Crippen LogP contribution in [-0.2, 0) is 40.3 Å². The van der Waals surface area contributed by atoms with Gasteiger partial charge in [-0.05, 0) is 145 Å². The molecule has 4 heterocycles. The maximum absolute atomic E-state index is 14.8. The molecule has 8 nitrogen and oxygen atoms in total. The van der Waals surface area contributed by atoms with Crippen molar-refractivity contribution in [3.8, 4) is 44.8 Å². The minimum absolute atomic E-state index is 0.0297. The third kappa shape index (κ3) is 22.8. The maximum atomic E-state index is 14.8. The van der Waals surface area contributed by atoms with Crippen LogP contribution in [0.2, 0.25) is 0 Å². The molecule has 13 rings (SSSR count). The third-order valence-corrected chi connectivity index (χ3v) is 22.6. The van der Waals surface area contributed by atoms with Crippen LogP contribution >= 0.6 is 0 Å². The summed E-state index contributed by atoms with van der Waals surface area (Å²) in [4.78, 5) is 10.3. The van der Waals surface area contributed by atoms with E-state index in [1.165, 1.54) is 12.1 Å². The monoisotopic (exact) mass is 1850 g/mol. The van der Waals surface area contributed by atoms with Gasteiger partial charge in [0.1, 0.15) is 26.4 Å². The number of aromatic nitrogens is 2. The number of nitrogens with zero attached hydrogens (tertiary/aromatic N) is 4. The van der Waals surface area contributed by atoms with E-state index in [0.717, 1.165) is 36.8 Å². The lowest BCUT2D eigenvalue weighted by atomic mass is 9.85. The minimum atomic E-state index is -6.20. The first-order valence-electron chi connectivity index (χ1n) is 42.3. The van der Waals surface area contributed by atoms with Gasteiger partial charge in [0.05, 0.1) is 28.5 Å². The van der Waals surface area contributed by atoms with Crippen molar-refractivity contribution in [1.82, 2.24) is 8.96 Å². The second kappa shape index (κ2) is 38.1. The first kappa shape index (κ1) is 100. The van der Waals surface area contributed by atoms with Crippen molar-refractivity contribution in [1.29, 1.82) is 0 Å². The quantitative estimate of drug-likeness (QED) is 0.0422. The molecule has 0 saturated carbocycles. The molecule has 0 atom stereocenters. The highest BCUT2D eigenvalue weighted by molar-refractivity contribution is 6.45. The smallest absolute Gasteiger partial charge is 0.385 e. The van der Waals surface area contributed by atoms with Crippen LogP contribution in [0.4, 0.5) is 87.8 Å². The van der Waals surface area contributed by atoms with Gasteiger partial charge in [-0.3, -0.25) is 0 Å². The average Bonchev–Trinajstić information content (AvgIpc) is 1.58. The number of alkyl halides is 20. The van der Waals surface area contributed by atoms with E-state index in [2.05, 4.69) is 41.5 Å². The Morgan fingerprint density at radius 3 is 0.985 bits per heavy atom. The van der Waals surface area contributed by atoms with Crippen LogP contribution in [0.5, 0.6) is 0 Å². The molecule has 0 fully saturated rings. The van der Waals surface area contributed by atoms with Crippen LogP contribution in [0.25, 0.3) is 67.6 Å². The number of halogens is 20. The molecule has 0 unspecified atom stereocenters. The number of benzene rings is 9. The van der Waals surface area contributed by atoms with Gasteiger partial charge in [0.15, 0.2) is 0 Å². The lowest BCUT2D eigenvalue weighted by Gasteiger charge is -2.28. The van der Waals surface area contributed by atoms with Crippen LogP contribution in [0.15, 0.2) is 276 Å². The first-order valence-corrected chi connectivity index (χ1v) is 42.3. The number of hydrogen-bond donors (Lipinski definition) is 0. The molecule has 11 aromatic rings. The van der Waals surface area contributed by atoms with Crippen LogP contribution in [0, 0.1) is 20.8 Å². The molecule has 698 valence electrons. The second-order valence-corrected chi connectivity index (χ2v) is 36.9. The number of rotatable bonds is 25. The highest BCUT2D eigenvalue weighted by Gasteiger charge is 2.62. The van der Waals surface area contributed by atoms with Crippen molar-refractivity contribution in [2.24, 2.45) is 9.98 Å². The zero-order chi connectivity index (χ0) is 97.5. The van der Waals surface area contributed by atoms with Crippen LogP contribution in [0.1, 0.15) is 161 Å². The Morgan fingerprint density at radius 2 is 0.602 bits per heavy atom. The Labute approximate surface area is 759 Å². The van der Waals surface area contributed by atoms with Gasteiger partial charge in [0.2, 0.25) is 0 Å². The Morgan fingerprint density at radius 1 is 0.316 bits per heavy atom.